The lowest BCUT2D eigenvalue weighted by molar-refractivity contribution is 0.268. The number of benzene rings is 1. The van der Waals surface area contributed by atoms with E-state index in [1.807, 2.05) is 7.05 Å². The van der Waals surface area contributed by atoms with Crippen LogP contribution >= 0.6 is 0 Å². The molecule has 0 aliphatic heterocycles. The summed E-state index contributed by atoms with van der Waals surface area (Å²) in [6.45, 7) is 6.83. The van der Waals surface area contributed by atoms with E-state index in [1.165, 1.54) is 24.8 Å². The lowest BCUT2D eigenvalue weighted by Gasteiger charge is -2.13. The van der Waals surface area contributed by atoms with E-state index in [9.17, 15) is 0 Å². The zero-order valence-corrected chi connectivity index (χ0v) is 13.9. The average molecular weight is 293 g/mol. The van der Waals surface area contributed by atoms with Crippen molar-refractivity contribution in [3.63, 3.8) is 0 Å². The number of hydrogen-bond acceptors (Lipinski definition) is 3. The summed E-state index contributed by atoms with van der Waals surface area (Å²) in [7, 11) is 2.01. The zero-order valence-electron chi connectivity index (χ0n) is 13.9. The summed E-state index contributed by atoms with van der Waals surface area (Å²) < 4.78 is 11.6. The van der Waals surface area contributed by atoms with Gasteiger partial charge in [-0.2, -0.15) is 0 Å². The van der Waals surface area contributed by atoms with E-state index in [-0.39, 0.29) is 0 Å². The Balaban J connectivity index is 2.55. The number of ether oxygens (including phenoxy) is 2. The van der Waals surface area contributed by atoms with Crippen molar-refractivity contribution in [1.82, 2.24) is 5.32 Å². The fourth-order valence-electron chi connectivity index (χ4n) is 2.17. The fraction of sp³-hybridized carbons (Fsp3) is 0.667. The molecule has 0 fully saturated rings. The lowest BCUT2D eigenvalue weighted by atomic mass is 10.1. The summed E-state index contributed by atoms with van der Waals surface area (Å²) in [5, 5.41) is 3.19. The van der Waals surface area contributed by atoms with Crippen LogP contribution < -0.4 is 14.8 Å². The van der Waals surface area contributed by atoms with Crippen LogP contribution in [-0.4, -0.2) is 26.8 Å². The van der Waals surface area contributed by atoms with E-state index in [4.69, 9.17) is 9.47 Å². The van der Waals surface area contributed by atoms with Crippen molar-refractivity contribution in [3.05, 3.63) is 23.8 Å². The number of hydrogen-bond donors (Lipinski definition) is 1. The molecule has 0 saturated carbocycles. The van der Waals surface area contributed by atoms with Crippen LogP contribution in [0.4, 0.5) is 0 Å². The molecule has 3 heteroatoms. The molecule has 0 unspecified atom stereocenters. The molecule has 1 rings (SSSR count). The fourth-order valence-corrected chi connectivity index (χ4v) is 2.17. The van der Waals surface area contributed by atoms with Crippen LogP contribution in [0, 0.1) is 0 Å². The highest BCUT2D eigenvalue weighted by atomic mass is 16.5. The van der Waals surface area contributed by atoms with Crippen molar-refractivity contribution in [1.29, 1.82) is 0 Å². The van der Waals surface area contributed by atoms with Gasteiger partial charge in [0.1, 0.15) is 0 Å². The molecule has 1 aromatic carbocycles. The maximum atomic E-state index is 5.83. The van der Waals surface area contributed by atoms with E-state index in [2.05, 4.69) is 37.4 Å². The van der Waals surface area contributed by atoms with E-state index in [1.54, 1.807) is 0 Å². The summed E-state index contributed by atoms with van der Waals surface area (Å²) in [4.78, 5) is 0. The highest BCUT2D eigenvalue weighted by Crippen LogP contribution is 2.29. The Morgan fingerprint density at radius 2 is 1.62 bits per heavy atom. The first-order chi connectivity index (χ1) is 10.3. The van der Waals surface area contributed by atoms with Gasteiger partial charge in [-0.15, -0.1) is 0 Å². The van der Waals surface area contributed by atoms with Gasteiger partial charge in [-0.05, 0) is 63.4 Å². The second kappa shape index (κ2) is 11.4. The predicted octanol–water partition coefficient (Wildman–Crippen LogP) is 4.20. The number of nitrogens with one attached hydrogen (secondary N) is 1. The molecule has 3 nitrogen and oxygen atoms in total. The SMILES string of the molecule is CCCOc1ccc(CCCCCNC)cc1OCCC. The summed E-state index contributed by atoms with van der Waals surface area (Å²) in [6, 6.07) is 6.38. The Hall–Kier alpha value is -1.22. The minimum absolute atomic E-state index is 0.742. The van der Waals surface area contributed by atoms with Crippen molar-refractivity contribution < 1.29 is 9.47 Å². The Bertz CT molecular complexity index is 379. The normalized spacial score (nSPS) is 10.6. The molecule has 0 atom stereocenters. The number of aryl methyl sites for hydroxylation is 1. The molecule has 1 N–H and O–H groups in total. The molecular formula is C18H31NO2. The summed E-state index contributed by atoms with van der Waals surface area (Å²) in [6.07, 6.45) is 6.87. The maximum Gasteiger partial charge on any atom is 0.161 e. The van der Waals surface area contributed by atoms with E-state index < -0.39 is 0 Å². The van der Waals surface area contributed by atoms with Crippen molar-refractivity contribution in [2.75, 3.05) is 26.8 Å². The minimum atomic E-state index is 0.742. The second-order valence-corrected chi connectivity index (χ2v) is 5.39. The quantitative estimate of drug-likeness (QED) is 0.586. The van der Waals surface area contributed by atoms with Gasteiger partial charge in [0, 0.05) is 0 Å². The molecule has 1 aromatic rings. The van der Waals surface area contributed by atoms with Gasteiger partial charge in [-0.25, -0.2) is 0 Å². The van der Waals surface area contributed by atoms with Crippen LogP contribution in [0.3, 0.4) is 0 Å². The van der Waals surface area contributed by atoms with Crippen molar-refractivity contribution in [2.24, 2.45) is 0 Å². The molecule has 0 aliphatic carbocycles. The highest BCUT2D eigenvalue weighted by Gasteiger charge is 2.06. The van der Waals surface area contributed by atoms with Crippen molar-refractivity contribution in [3.8, 4) is 11.5 Å². The van der Waals surface area contributed by atoms with Gasteiger partial charge in [0.25, 0.3) is 0 Å². The van der Waals surface area contributed by atoms with Gasteiger partial charge in [0.05, 0.1) is 13.2 Å². The summed E-state index contributed by atoms with van der Waals surface area (Å²) >= 11 is 0. The van der Waals surface area contributed by atoms with Gasteiger partial charge in [-0.1, -0.05) is 26.3 Å². The Labute approximate surface area is 130 Å². The molecule has 0 bridgehead atoms. The highest BCUT2D eigenvalue weighted by molar-refractivity contribution is 5.43. The van der Waals surface area contributed by atoms with Crippen LogP contribution in [-0.2, 0) is 6.42 Å². The van der Waals surface area contributed by atoms with E-state index >= 15 is 0 Å². The predicted molar refractivity (Wildman–Crippen MR) is 89.5 cm³/mol. The Morgan fingerprint density at radius 3 is 2.29 bits per heavy atom. The molecule has 120 valence electrons. The average Bonchev–Trinajstić information content (AvgIpc) is 2.51. The van der Waals surface area contributed by atoms with Gasteiger partial charge in [-0.3, -0.25) is 0 Å². The third-order valence-corrected chi connectivity index (χ3v) is 3.32. The lowest BCUT2D eigenvalue weighted by Crippen LogP contribution is -2.07. The molecule has 21 heavy (non-hydrogen) atoms. The topological polar surface area (TPSA) is 30.5 Å². The molecular weight excluding hydrogens is 262 g/mol. The number of unbranched alkanes of at least 4 members (excludes halogenated alkanes) is 2. The van der Waals surface area contributed by atoms with Crippen LogP contribution in [0.2, 0.25) is 0 Å². The van der Waals surface area contributed by atoms with Crippen molar-refractivity contribution in [2.45, 2.75) is 52.4 Å². The smallest absolute Gasteiger partial charge is 0.161 e. The Kier molecular flexibility index (Phi) is 9.71. The third-order valence-electron chi connectivity index (χ3n) is 3.32. The van der Waals surface area contributed by atoms with Crippen LogP contribution in [0.25, 0.3) is 0 Å². The van der Waals surface area contributed by atoms with Crippen LogP contribution in [0.15, 0.2) is 18.2 Å². The number of rotatable bonds is 12. The van der Waals surface area contributed by atoms with Crippen molar-refractivity contribution >= 4 is 0 Å². The molecule has 0 spiro atoms. The first-order valence-corrected chi connectivity index (χ1v) is 8.34. The molecule has 0 heterocycles. The van der Waals surface area contributed by atoms with Crippen LogP contribution in [0.1, 0.15) is 51.5 Å². The summed E-state index contributed by atoms with van der Waals surface area (Å²) in [5.41, 5.74) is 1.34. The molecule has 0 amide bonds. The van der Waals surface area contributed by atoms with Gasteiger partial charge >= 0.3 is 0 Å². The first-order valence-electron chi connectivity index (χ1n) is 8.34. The zero-order chi connectivity index (χ0) is 15.3. The van der Waals surface area contributed by atoms with Gasteiger partial charge in [0.15, 0.2) is 11.5 Å². The molecule has 0 radical (unpaired) electrons. The standard InChI is InChI=1S/C18H31NO2/c1-4-13-20-17-11-10-16(9-7-6-8-12-19-3)15-18(17)21-14-5-2/h10-11,15,19H,4-9,12-14H2,1-3H3. The van der Waals surface area contributed by atoms with Gasteiger partial charge < -0.3 is 14.8 Å². The third kappa shape index (κ3) is 7.37. The van der Waals surface area contributed by atoms with E-state index in [0.717, 1.165) is 50.5 Å². The molecule has 0 saturated heterocycles. The van der Waals surface area contributed by atoms with Crippen LogP contribution in [0.5, 0.6) is 11.5 Å². The molecule has 0 aromatic heterocycles. The first kappa shape index (κ1) is 17.8. The molecule has 0 aliphatic rings. The summed E-state index contributed by atoms with van der Waals surface area (Å²) in [5.74, 6) is 1.78. The van der Waals surface area contributed by atoms with Gasteiger partial charge in [0.2, 0.25) is 0 Å². The largest absolute Gasteiger partial charge is 0.490 e. The van der Waals surface area contributed by atoms with E-state index in [0.29, 0.717) is 0 Å². The second-order valence-electron chi connectivity index (χ2n) is 5.39. The Morgan fingerprint density at radius 1 is 0.905 bits per heavy atom. The minimum Gasteiger partial charge on any atom is -0.490 e. The monoisotopic (exact) mass is 293 g/mol. The maximum absolute atomic E-state index is 5.83.